The van der Waals surface area contributed by atoms with Crippen molar-refractivity contribution in [3.05, 3.63) is 44.5 Å². The zero-order valence-corrected chi connectivity index (χ0v) is 15.0. The van der Waals surface area contributed by atoms with E-state index in [4.69, 9.17) is 0 Å². The van der Waals surface area contributed by atoms with Gasteiger partial charge in [0, 0.05) is 30.8 Å². The molecule has 1 aromatic heterocycles. The van der Waals surface area contributed by atoms with Crippen LogP contribution in [-0.2, 0) is 0 Å². The zero-order valence-electron chi connectivity index (χ0n) is 13.4. The summed E-state index contributed by atoms with van der Waals surface area (Å²) in [6.07, 6.45) is 3.58. The molecule has 23 heavy (non-hydrogen) atoms. The first-order chi connectivity index (χ1) is 11.2. The van der Waals surface area contributed by atoms with Crippen molar-refractivity contribution in [3.8, 4) is 0 Å². The van der Waals surface area contributed by atoms with Crippen molar-refractivity contribution in [1.82, 2.24) is 15.5 Å². The number of rotatable bonds is 10. The summed E-state index contributed by atoms with van der Waals surface area (Å²) in [4.78, 5) is 14.0. The van der Waals surface area contributed by atoms with Crippen LogP contribution in [0.5, 0.6) is 0 Å². The van der Waals surface area contributed by atoms with E-state index in [0.29, 0.717) is 17.6 Å². The van der Waals surface area contributed by atoms with Gasteiger partial charge in [0.25, 0.3) is 6.20 Å². The fourth-order valence-corrected chi connectivity index (χ4v) is 4.72. The number of nitrogens with zero attached hydrogens (tertiary/aromatic N) is 2. The van der Waals surface area contributed by atoms with Gasteiger partial charge in [-0.25, -0.2) is 0 Å². The summed E-state index contributed by atoms with van der Waals surface area (Å²) >= 11 is 3.73. The van der Waals surface area contributed by atoms with E-state index in [1.54, 1.807) is 7.05 Å². The van der Waals surface area contributed by atoms with Gasteiger partial charge in [-0.1, -0.05) is 6.07 Å². The van der Waals surface area contributed by atoms with Crippen LogP contribution in [0.2, 0.25) is 0 Å². The summed E-state index contributed by atoms with van der Waals surface area (Å²) in [5.41, 5.74) is 0. The molecule has 6 nitrogen and oxygen atoms in total. The molecular weight excluding hydrogens is 332 g/mol. The molecule has 0 bridgehead atoms. The van der Waals surface area contributed by atoms with E-state index in [1.165, 1.54) is 30.8 Å². The van der Waals surface area contributed by atoms with E-state index < -0.39 is 4.92 Å². The summed E-state index contributed by atoms with van der Waals surface area (Å²) in [5, 5.41) is 19.0. The highest BCUT2D eigenvalue weighted by Crippen LogP contribution is 2.33. The number of nitrogens with one attached hydrogen (secondary N) is 2. The van der Waals surface area contributed by atoms with Crippen molar-refractivity contribution in [1.29, 1.82) is 0 Å². The summed E-state index contributed by atoms with van der Waals surface area (Å²) in [6.45, 7) is 4.20. The number of thiophene rings is 1. The van der Waals surface area contributed by atoms with Crippen molar-refractivity contribution >= 4 is 23.1 Å². The minimum atomic E-state index is -0.451. The Balaban J connectivity index is 1.80. The molecule has 0 saturated carbocycles. The molecule has 1 atom stereocenters. The molecule has 0 amide bonds. The number of hydrogen-bond acceptors (Lipinski definition) is 7. The van der Waals surface area contributed by atoms with Gasteiger partial charge < -0.3 is 15.5 Å². The average molecular weight is 357 g/mol. The number of likely N-dealkylation sites (tertiary alicyclic amines) is 1. The molecule has 0 aliphatic carbocycles. The standard InChI is InChI=1S/C15H24N4O2S2/c1-16-15(12-19(20)21)17-6-10-23-14(13-5-4-9-22-13)11-18-7-2-3-8-18/h4-5,9,12,14,16-17H,2-3,6-8,10-11H2,1H3. The Bertz CT molecular complexity index is 502. The number of hydrogen-bond donors (Lipinski definition) is 2. The van der Waals surface area contributed by atoms with Crippen LogP contribution in [0.3, 0.4) is 0 Å². The number of thioether (sulfide) groups is 1. The molecule has 1 fully saturated rings. The van der Waals surface area contributed by atoms with Crippen LogP contribution in [-0.4, -0.2) is 48.8 Å². The summed E-state index contributed by atoms with van der Waals surface area (Å²) in [5.74, 6) is 1.36. The monoisotopic (exact) mass is 356 g/mol. The van der Waals surface area contributed by atoms with Gasteiger partial charge >= 0.3 is 0 Å². The lowest BCUT2D eigenvalue weighted by Crippen LogP contribution is -2.27. The molecule has 8 heteroatoms. The van der Waals surface area contributed by atoms with Crippen molar-refractivity contribution in [2.75, 3.05) is 39.0 Å². The lowest BCUT2D eigenvalue weighted by atomic mass is 10.3. The van der Waals surface area contributed by atoms with E-state index in [1.807, 2.05) is 23.1 Å². The van der Waals surface area contributed by atoms with E-state index in [-0.39, 0.29) is 0 Å². The molecule has 1 unspecified atom stereocenters. The van der Waals surface area contributed by atoms with Crippen molar-refractivity contribution in [3.63, 3.8) is 0 Å². The maximum absolute atomic E-state index is 10.5. The molecule has 2 heterocycles. The van der Waals surface area contributed by atoms with Gasteiger partial charge in [0.1, 0.15) is 0 Å². The fourth-order valence-electron chi connectivity index (χ4n) is 2.59. The van der Waals surface area contributed by atoms with Crippen molar-refractivity contribution in [2.24, 2.45) is 0 Å². The van der Waals surface area contributed by atoms with E-state index in [0.717, 1.165) is 18.5 Å². The largest absolute Gasteiger partial charge is 0.370 e. The molecule has 2 rings (SSSR count). The molecule has 1 aliphatic rings. The molecule has 0 aromatic carbocycles. The van der Waals surface area contributed by atoms with E-state index >= 15 is 0 Å². The predicted molar refractivity (Wildman–Crippen MR) is 97.3 cm³/mol. The van der Waals surface area contributed by atoms with Gasteiger partial charge in [-0.2, -0.15) is 0 Å². The Morgan fingerprint density at radius 1 is 1.57 bits per heavy atom. The molecule has 1 aliphatic heterocycles. The van der Waals surface area contributed by atoms with Gasteiger partial charge in [0.05, 0.1) is 10.2 Å². The molecule has 128 valence electrons. The second-order valence-corrected chi connectivity index (χ2v) is 7.68. The second-order valence-electron chi connectivity index (χ2n) is 5.39. The first-order valence-electron chi connectivity index (χ1n) is 7.83. The minimum Gasteiger partial charge on any atom is -0.370 e. The van der Waals surface area contributed by atoms with Crippen molar-refractivity contribution < 1.29 is 4.92 Å². The van der Waals surface area contributed by atoms with Gasteiger partial charge in [-0.05, 0) is 37.4 Å². The highest BCUT2D eigenvalue weighted by atomic mass is 32.2. The Kier molecular flexibility index (Phi) is 7.70. The van der Waals surface area contributed by atoms with Crippen molar-refractivity contribution in [2.45, 2.75) is 18.1 Å². The fraction of sp³-hybridized carbons (Fsp3) is 0.600. The number of nitro groups is 1. The molecular formula is C15H24N4O2S2. The Hall–Kier alpha value is -1.25. The van der Waals surface area contributed by atoms with Crippen LogP contribution in [0.25, 0.3) is 0 Å². The summed E-state index contributed by atoms with van der Waals surface area (Å²) < 4.78 is 0. The van der Waals surface area contributed by atoms with Crippen LogP contribution in [0.1, 0.15) is 23.0 Å². The second kappa shape index (κ2) is 9.79. The predicted octanol–water partition coefficient (Wildman–Crippen LogP) is 2.50. The SMILES string of the molecule is CNC(=C[N+](=O)[O-])NCCSC(CN1CCCC1)c1cccs1. The normalized spacial score (nSPS) is 17.2. The molecule has 1 aromatic rings. The van der Waals surface area contributed by atoms with Crippen LogP contribution < -0.4 is 10.6 Å². The van der Waals surface area contributed by atoms with Crippen LogP contribution >= 0.6 is 23.1 Å². The molecule has 2 N–H and O–H groups in total. The Morgan fingerprint density at radius 2 is 2.35 bits per heavy atom. The topological polar surface area (TPSA) is 70.4 Å². The van der Waals surface area contributed by atoms with Gasteiger partial charge in [0.2, 0.25) is 0 Å². The van der Waals surface area contributed by atoms with Crippen LogP contribution in [0.4, 0.5) is 0 Å². The summed E-state index contributed by atoms with van der Waals surface area (Å²) in [6, 6.07) is 4.31. The quantitative estimate of drug-likeness (QED) is 0.381. The Morgan fingerprint density at radius 3 is 2.96 bits per heavy atom. The molecule has 0 spiro atoms. The zero-order chi connectivity index (χ0) is 16.5. The van der Waals surface area contributed by atoms with E-state index in [2.05, 4.69) is 33.0 Å². The highest BCUT2D eigenvalue weighted by Gasteiger charge is 2.20. The lowest BCUT2D eigenvalue weighted by Gasteiger charge is -2.22. The van der Waals surface area contributed by atoms with Gasteiger partial charge in [-0.15, -0.1) is 23.1 Å². The molecule has 0 radical (unpaired) electrons. The Labute approximate surface area is 145 Å². The average Bonchev–Trinajstić information content (AvgIpc) is 3.21. The first kappa shape index (κ1) is 18.1. The van der Waals surface area contributed by atoms with Crippen LogP contribution in [0, 0.1) is 10.1 Å². The third-order valence-corrected chi connectivity index (χ3v) is 6.10. The maximum atomic E-state index is 10.5. The van der Waals surface area contributed by atoms with E-state index in [9.17, 15) is 10.1 Å². The van der Waals surface area contributed by atoms with Gasteiger partial charge in [0.15, 0.2) is 5.82 Å². The maximum Gasteiger partial charge on any atom is 0.274 e. The van der Waals surface area contributed by atoms with Crippen LogP contribution in [0.15, 0.2) is 29.5 Å². The third kappa shape index (κ3) is 6.40. The first-order valence-corrected chi connectivity index (χ1v) is 9.76. The minimum absolute atomic E-state index is 0.447. The van der Waals surface area contributed by atoms with Gasteiger partial charge in [-0.3, -0.25) is 10.1 Å². The lowest BCUT2D eigenvalue weighted by molar-refractivity contribution is -0.404. The summed E-state index contributed by atoms with van der Waals surface area (Å²) in [7, 11) is 1.68. The third-order valence-electron chi connectivity index (χ3n) is 3.72. The molecule has 1 saturated heterocycles. The highest BCUT2D eigenvalue weighted by molar-refractivity contribution is 7.99. The smallest absolute Gasteiger partial charge is 0.274 e.